The largest absolute Gasteiger partial charge is 0.487 e. The van der Waals surface area contributed by atoms with Crippen molar-refractivity contribution in [2.75, 3.05) is 0 Å². The number of hydrogen-bond donors (Lipinski definition) is 1. The summed E-state index contributed by atoms with van der Waals surface area (Å²) in [4.78, 5) is 18.0. The van der Waals surface area contributed by atoms with Crippen molar-refractivity contribution in [2.45, 2.75) is 6.61 Å². The van der Waals surface area contributed by atoms with Gasteiger partial charge in [0.2, 0.25) is 0 Å². The Hall–Kier alpha value is -3.27. The maximum atomic E-state index is 13.3. The highest BCUT2D eigenvalue weighted by atomic mass is 127. The average Bonchev–Trinajstić information content (AvgIpc) is 2.93. The molecule has 4 aromatic carbocycles. The van der Waals surface area contributed by atoms with E-state index in [-0.39, 0.29) is 5.91 Å². The predicted octanol–water partition coefficient (Wildman–Crippen LogP) is 8.27. The molecule has 0 saturated carbocycles. The van der Waals surface area contributed by atoms with Crippen LogP contribution in [0.3, 0.4) is 0 Å². The van der Waals surface area contributed by atoms with Gasteiger partial charge < -0.3 is 4.74 Å². The minimum atomic E-state index is -0.333. The first kappa shape index (κ1) is 26.3. The van der Waals surface area contributed by atoms with Crippen LogP contribution in [0, 0.1) is 3.57 Å². The fourth-order valence-corrected chi connectivity index (χ4v) is 5.83. The molecule has 0 unspecified atom stereocenters. The summed E-state index contributed by atoms with van der Waals surface area (Å²) in [6, 6.07) is 30.5. The van der Waals surface area contributed by atoms with E-state index in [0.717, 1.165) is 35.8 Å². The molecule has 1 N–H and O–H groups in total. The molecule has 1 heterocycles. The fourth-order valence-electron chi connectivity index (χ4n) is 3.93. The van der Waals surface area contributed by atoms with Gasteiger partial charge in [0.25, 0.3) is 5.91 Å². The Bertz CT molecular complexity index is 1660. The van der Waals surface area contributed by atoms with Crippen LogP contribution in [0.4, 0.5) is 0 Å². The number of ether oxygens (including phenoxy) is 1. The number of carbonyl (C=O) groups excluding carboxylic acids is 1. The van der Waals surface area contributed by atoms with Crippen LogP contribution in [-0.2, 0) is 6.61 Å². The molecule has 5 aromatic rings. The van der Waals surface area contributed by atoms with E-state index in [4.69, 9.17) is 21.3 Å². The van der Waals surface area contributed by atoms with Crippen molar-refractivity contribution >= 4 is 73.1 Å². The van der Waals surface area contributed by atoms with Crippen LogP contribution >= 0.6 is 50.1 Å². The molecule has 0 spiro atoms. The van der Waals surface area contributed by atoms with E-state index in [1.165, 1.54) is 0 Å². The van der Waals surface area contributed by atoms with Gasteiger partial charge in [-0.3, -0.25) is 4.79 Å². The number of nitrogens with one attached hydrogen (secondary N) is 1. The predicted molar refractivity (Wildman–Crippen MR) is 165 cm³/mol. The first-order valence-corrected chi connectivity index (χ1v) is 13.9. The Morgan fingerprint density at radius 2 is 1.74 bits per heavy atom. The number of halogens is 3. The molecule has 5 rings (SSSR count). The number of amides is 1. The Labute approximate surface area is 247 Å². The number of fused-ring (bicyclic) bond motifs is 1. The van der Waals surface area contributed by atoms with Crippen molar-refractivity contribution in [3.8, 4) is 17.0 Å². The van der Waals surface area contributed by atoms with E-state index >= 15 is 0 Å². The Balaban J connectivity index is 1.41. The second kappa shape index (κ2) is 12.1. The third-order valence-corrected chi connectivity index (χ3v) is 7.39. The summed E-state index contributed by atoms with van der Waals surface area (Å²) < 4.78 is 7.89. The number of aromatic nitrogens is 1. The molecule has 0 aliphatic carbocycles. The van der Waals surface area contributed by atoms with Crippen molar-refractivity contribution in [1.82, 2.24) is 10.4 Å². The van der Waals surface area contributed by atoms with Gasteiger partial charge in [0, 0.05) is 31.6 Å². The lowest BCUT2D eigenvalue weighted by molar-refractivity contribution is 0.0956. The van der Waals surface area contributed by atoms with Gasteiger partial charge in [-0.1, -0.05) is 94.3 Å². The van der Waals surface area contributed by atoms with E-state index in [9.17, 15) is 4.79 Å². The van der Waals surface area contributed by atoms with Gasteiger partial charge in [-0.05, 0) is 52.9 Å². The monoisotopic (exact) mass is 695 g/mol. The van der Waals surface area contributed by atoms with Gasteiger partial charge in [-0.2, -0.15) is 5.10 Å². The summed E-state index contributed by atoms with van der Waals surface area (Å²) in [5.41, 5.74) is 7.14. The molecule has 0 bridgehead atoms. The zero-order valence-corrected chi connectivity index (χ0v) is 24.4. The first-order chi connectivity index (χ1) is 18.5. The van der Waals surface area contributed by atoms with Crippen LogP contribution in [0.25, 0.3) is 22.2 Å². The lowest BCUT2D eigenvalue weighted by atomic mass is 10.0. The van der Waals surface area contributed by atoms with Gasteiger partial charge in [0.15, 0.2) is 0 Å². The lowest BCUT2D eigenvalue weighted by Gasteiger charge is -2.13. The van der Waals surface area contributed by atoms with Gasteiger partial charge in [0.05, 0.1) is 26.6 Å². The van der Waals surface area contributed by atoms with E-state index < -0.39 is 0 Å². The SMILES string of the molecule is O=C(N/N=C\c1cc(Br)cc(I)c1OCc1ccccc1Cl)c1cc(-c2ccccc2)nc2ccccc12. The number of para-hydroxylation sites is 1. The van der Waals surface area contributed by atoms with Crippen LogP contribution in [0.5, 0.6) is 5.75 Å². The van der Waals surface area contributed by atoms with Crippen LogP contribution in [0.1, 0.15) is 21.5 Å². The molecule has 5 nitrogen and oxygen atoms in total. The molecule has 1 aromatic heterocycles. The molecule has 0 radical (unpaired) electrons. The van der Waals surface area contributed by atoms with Gasteiger partial charge in [0.1, 0.15) is 12.4 Å². The lowest BCUT2D eigenvalue weighted by Crippen LogP contribution is -2.18. The summed E-state index contributed by atoms with van der Waals surface area (Å²) in [6.45, 7) is 0.301. The third kappa shape index (κ3) is 6.06. The normalized spacial score (nSPS) is 11.1. The van der Waals surface area contributed by atoms with Crippen molar-refractivity contribution < 1.29 is 9.53 Å². The number of rotatable bonds is 7. The summed E-state index contributed by atoms with van der Waals surface area (Å²) >= 11 is 12.0. The Morgan fingerprint density at radius 3 is 2.55 bits per heavy atom. The number of nitrogens with zero attached hydrogens (tertiary/aromatic N) is 2. The van der Waals surface area contributed by atoms with Crippen molar-refractivity contribution in [1.29, 1.82) is 0 Å². The molecule has 0 aliphatic rings. The van der Waals surface area contributed by atoms with Crippen molar-refractivity contribution in [3.05, 3.63) is 127 Å². The zero-order chi connectivity index (χ0) is 26.5. The zero-order valence-electron chi connectivity index (χ0n) is 19.9. The van der Waals surface area contributed by atoms with Crippen LogP contribution < -0.4 is 10.2 Å². The topological polar surface area (TPSA) is 63.6 Å². The maximum absolute atomic E-state index is 13.3. The van der Waals surface area contributed by atoms with Crippen LogP contribution in [0.2, 0.25) is 5.02 Å². The van der Waals surface area contributed by atoms with E-state index in [0.29, 0.717) is 28.5 Å². The summed E-state index contributed by atoms with van der Waals surface area (Å²) in [7, 11) is 0. The number of carbonyl (C=O) groups is 1. The fraction of sp³-hybridized carbons (Fsp3) is 0.0333. The van der Waals surface area contributed by atoms with Crippen LogP contribution in [-0.4, -0.2) is 17.1 Å². The molecule has 8 heteroatoms. The van der Waals surface area contributed by atoms with Gasteiger partial charge >= 0.3 is 0 Å². The van der Waals surface area contributed by atoms with Crippen molar-refractivity contribution in [2.24, 2.45) is 5.10 Å². The molecular formula is C30H20BrClIN3O2. The molecule has 0 saturated heterocycles. The van der Waals surface area contributed by atoms with E-state index in [2.05, 4.69) is 49.0 Å². The smallest absolute Gasteiger partial charge is 0.272 e. The minimum absolute atomic E-state index is 0.301. The number of benzene rings is 4. The standard InChI is InChI=1S/C30H20BrClIN3O2/c31-22-14-21(29(26(33)15-22)38-18-20-10-4-6-12-25(20)32)17-34-36-30(37)24-16-28(19-8-2-1-3-9-19)35-27-13-7-5-11-23(24)27/h1-17H,18H2,(H,36,37)/b34-17-. The summed E-state index contributed by atoms with van der Waals surface area (Å²) in [6.07, 6.45) is 1.58. The van der Waals surface area contributed by atoms with E-state index in [1.807, 2.05) is 91.0 Å². The highest BCUT2D eigenvalue weighted by Crippen LogP contribution is 2.30. The molecule has 0 atom stereocenters. The molecule has 0 fully saturated rings. The summed E-state index contributed by atoms with van der Waals surface area (Å²) in [5, 5.41) is 5.66. The Morgan fingerprint density at radius 1 is 1.00 bits per heavy atom. The average molecular weight is 697 g/mol. The van der Waals surface area contributed by atoms with Crippen molar-refractivity contribution in [3.63, 3.8) is 0 Å². The molecule has 188 valence electrons. The highest BCUT2D eigenvalue weighted by Gasteiger charge is 2.14. The second-order valence-electron chi connectivity index (χ2n) is 8.32. The molecule has 1 amide bonds. The number of pyridine rings is 1. The number of hydrogen-bond acceptors (Lipinski definition) is 4. The quantitative estimate of drug-likeness (QED) is 0.106. The summed E-state index contributed by atoms with van der Waals surface area (Å²) in [5.74, 6) is 0.313. The first-order valence-electron chi connectivity index (χ1n) is 11.6. The maximum Gasteiger partial charge on any atom is 0.272 e. The van der Waals surface area contributed by atoms with Crippen LogP contribution in [0.15, 0.2) is 107 Å². The van der Waals surface area contributed by atoms with Gasteiger partial charge in [-0.25, -0.2) is 10.4 Å². The third-order valence-electron chi connectivity index (χ3n) is 5.77. The number of hydrazone groups is 1. The van der Waals surface area contributed by atoms with E-state index in [1.54, 1.807) is 12.3 Å². The molecular weight excluding hydrogens is 677 g/mol. The second-order valence-corrected chi connectivity index (χ2v) is 10.8. The molecule has 0 aliphatic heterocycles. The molecule has 38 heavy (non-hydrogen) atoms. The van der Waals surface area contributed by atoms with Gasteiger partial charge in [-0.15, -0.1) is 0 Å². The Kier molecular flexibility index (Phi) is 8.36. The minimum Gasteiger partial charge on any atom is -0.487 e. The highest BCUT2D eigenvalue weighted by molar-refractivity contribution is 14.1.